The largest absolute Gasteiger partial charge is 0.481 e. The zero-order chi connectivity index (χ0) is 15.9. The van der Waals surface area contributed by atoms with Crippen LogP contribution in [0.3, 0.4) is 0 Å². The normalized spacial score (nSPS) is 11.7. The number of Topliss-reactive ketones (excluding diaryl/α,β-unsaturated/α-hetero) is 1. The quantitative estimate of drug-likeness (QED) is 0.798. The van der Waals surface area contributed by atoms with Crippen molar-refractivity contribution in [1.29, 1.82) is 0 Å². The molecule has 5 heteroatoms. The lowest BCUT2D eigenvalue weighted by atomic mass is 10.1. The summed E-state index contributed by atoms with van der Waals surface area (Å²) in [6.07, 6.45) is 1.38. The lowest BCUT2D eigenvalue weighted by molar-refractivity contribution is -0.127. The Kier molecular flexibility index (Phi) is 5.36. The predicted molar refractivity (Wildman–Crippen MR) is 81.7 cm³/mol. The topological polar surface area (TPSA) is 68.5 Å². The second kappa shape index (κ2) is 7.45. The first-order valence-corrected chi connectivity index (χ1v) is 7.20. The predicted octanol–water partition coefficient (Wildman–Crippen LogP) is 2.96. The highest BCUT2D eigenvalue weighted by molar-refractivity contribution is 5.95. The molecular weight excluding hydrogens is 282 g/mol. The van der Waals surface area contributed by atoms with Crippen molar-refractivity contribution in [2.24, 2.45) is 0 Å². The smallest absolute Gasteiger partial charge is 0.261 e. The molecule has 1 aromatic carbocycles. The Morgan fingerprint density at radius 1 is 1.23 bits per heavy atom. The van der Waals surface area contributed by atoms with E-state index in [1.54, 1.807) is 49.6 Å². The lowest BCUT2D eigenvalue weighted by Crippen LogP contribution is -2.35. The maximum Gasteiger partial charge on any atom is 0.261 e. The average Bonchev–Trinajstić information content (AvgIpc) is 3.06. The zero-order valence-corrected chi connectivity index (χ0v) is 12.7. The van der Waals surface area contributed by atoms with Crippen LogP contribution in [0.25, 0.3) is 0 Å². The molecule has 0 aliphatic carbocycles. The molecule has 2 rings (SSSR count). The van der Waals surface area contributed by atoms with Gasteiger partial charge in [-0.15, -0.1) is 0 Å². The number of hydrogen-bond acceptors (Lipinski definition) is 4. The number of ether oxygens (including phenoxy) is 1. The van der Waals surface area contributed by atoms with Crippen molar-refractivity contribution in [3.8, 4) is 5.75 Å². The van der Waals surface area contributed by atoms with Crippen LogP contribution < -0.4 is 10.1 Å². The summed E-state index contributed by atoms with van der Waals surface area (Å²) in [7, 11) is 0. The van der Waals surface area contributed by atoms with Crippen molar-refractivity contribution in [3.05, 3.63) is 54.0 Å². The Morgan fingerprint density at radius 3 is 2.55 bits per heavy atom. The number of carbonyl (C=O) groups is 2. The molecule has 5 nitrogen and oxygen atoms in total. The number of ketones is 1. The molecule has 1 heterocycles. The molecule has 0 spiro atoms. The van der Waals surface area contributed by atoms with Gasteiger partial charge < -0.3 is 14.5 Å². The van der Waals surface area contributed by atoms with E-state index in [0.29, 0.717) is 30.0 Å². The number of furan rings is 1. The van der Waals surface area contributed by atoms with E-state index in [-0.39, 0.29) is 11.7 Å². The van der Waals surface area contributed by atoms with Gasteiger partial charge in [-0.1, -0.05) is 6.92 Å². The van der Waals surface area contributed by atoms with Gasteiger partial charge in [-0.05, 0) is 43.3 Å². The Labute approximate surface area is 129 Å². The molecular formula is C17H19NO4. The fraction of sp³-hybridized carbons (Fsp3) is 0.294. The Morgan fingerprint density at radius 2 is 1.95 bits per heavy atom. The molecule has 0 unspecified atom stereocenters. The van der Waals surface area contributed by atoms with E-state index < -0.39 is 6.10 Å². The third kappa shape index (κ3) is 4.22. The van der Waals surface area contributed by atoms with Crippen LogP contribution in [0.2, 0.25) is 0 Å². The fourth-order valence-corrected chi connectivity index (χ4v) is 1.91. The van der Waals surface area contributed by atoms with Crippen molar-refractivity contribution in [1.82, 2.24) is 5.32 Å². The molecule has 0 aliphatic heterocycles. The third-order valence-electron chi connectivity index (χ3n) is 3.20. The highest BCUT2D eigenvalue weighted by atomic mass is 16.5. The van der Waals surface area contributed by atoms with Gasteiger partial charge in [-0.3, -0.25) is 9.59 Å². The fourth-order valence-electron chi connectivity index (χ4n) is 1.91. The van der Waals surface area contributed by atoms with Gasteiger partial charge in [0.05, 0.1) is 12.8 Å². The van der Waals surface area contributed by atoms with Crippen molar-refractivity contribution < 1.29 is 18.7 Å². The summed E-state index contributed by atoms with van der Waals surface area (Å²) in [5.74, 6) is 1.08. The van der Waals surface area contributed by atoms with Gasteiger partial charge in [0.25, 0.3) is 5.91 Å². The van der Waals surface area contributed by atoms with E-state index in [4.69, 9.17) is 9.15 Å². The highest BCUT2D eigenvalue weighted by Gasteiger charge is 2.15. The third-order valence-corrected chi connectivity index (χ3v) is 3.20. The maximum atomic E-state index is 11.9. The molecule has 116 valence electrons. The van der Waals surface area contributed by atoms with Crippen LogP contribution in [-0.4, -0.2) is 17.8 Å². The van der Waals surface area contributed by atoms with E-state index in [1.165, 1.54) is 0 Å². The SMILES string of the molecule is CCC(=O)c1ccc(O[C@@H](C)C(=O)NCc2ccco2)cc1. The first-order chi connectivity index (χ1) is 10.6. The van der Waals surface area contributed by atoms with Crippen LogP contribution >= 0.6 is 0 Å². The number of nitrogens with one attached hydrogen (secondary N) is 1. The molecule has 22 heavy (non-hydrogen) atoms. The number of rotatable bonds is 7. The minimum Gasteiger partial charge on any atom is -0.481 e. The number of carbonyl (C=O) groups excluding carboxylic acids is 2. The lowest BCUT2D eigenvalue weighted by Gasteiger charge is -2.14. The summed E-state index contributed by atoms with van der Waals surface area (Å²) in [6, 6.07) is 10.3. The number of amides is 1. The zero-order valence-electron chi connectivity index (χ0n) is 12.7. The Balaban J connectivity index is 1.86. The molecule has 0 bridgehead atoms. The second-order valence-electron chi connectivity index (χ2n) is 4.86. The van der Waals surface area contributed by atoms with Crippen molar-refractivity contribution in [2.75, 3.05) is 0 Å². The summed E-state index contributed by atoms with van der Waals surface area (Å²) in [5.41, 5.74) is 0.643. The van der Waals surface area contributed by atoms with Crippen LogP contribution in [-0.2, 0) is 11.3 Å². The maximum absolute atomic E-state index is 11.9. The average molecular weight is 301 g/mol. The molecule has 1 N–H and O–H groups in total. The van der Waals surface area contributed by atoms with Crippen LogP contribution in [0, 0.1) is 0 Å². The summed E-state index contributed by atoms with van der Waals surface area (Å²) in [5, 5.41) is 2.73. The second-order valence-corrected chi connectivity index (χ2v) is 4.86. The number of hydrogen-bond donors (Lipinski definition) is 1. The molecule has 0 saturated carbocycles. The summed E-state index contributed by atoms with van der Waals surface area (Å²) >= 11 is 0. The van der Waals surface area contributed by atoms with Crippen molar-refractivity contribution >= 4 is 11.7 Å². The van der Waals surface area contributed by atoms with Crippen molar-refractivity contribution in [2.45, 2.75) is 32.9 Å². The molecule has 2 aromatic rings. The molecule has 0 saturated heterocycles. The molecule has 0 radical (unpaired) electrons. The molecule has 1 atom stereocenters. The highest BCUT2D eigenvalue weighted by Crippen LogP contribution is 2.15. The van der Waals surface area contributed by atoms with E-state index >= 15 is 0 Å². The van der Waals surface area contributed by atoms with Gasteiger partial charge in [0.1, 0.15) is 11.5 Å². The van der Waals surface area contributed by atoms with Gasteiger partial charge in [0, 0.05) is 12.0 Å². The summed E-state index contributed by atoms with van der Waals surface area (Å²) in [4.78, 5) is 23.5. The van der Waals surface area contributed by atoms with E-state index in [1.807, 2.05) is 6.92 Å². The molecule has 0 fully saturated rings. The summed E-state index contributed by atoms with van der Waals surface area (Å²) in [6.45, 7) is 3.81. The first kappa shape index (κ1) is 15.8. The van der Waals surface area contributed by atoms with Crippen LogP contribution in [0.4, 0.5) is 0 Å². The van der Waals surface area contributed by atoms with Crippen LogP contribution in [0.1, 0.15) is 36.4 Å². The van der Waals surface area contributed by atoms with Crippen LogP contribution in [0.5, 0.6) is 5.75 Å². The Hall–Kier alpha value is -2.56. The molecule has 1 amide bonds. The minimum absolute atomic E-state index is 0.0794. The monoisotopic (exact) mass is 301 g/mol. The minimum atomic E-state index is -0.636. The van der Waals surface area contributed by atoms with Gasteiger partial charge in [-0.25, -0.2) is 0 Å². The Bertz CT molecular complexity index is 617. The van der Waals surface area contributed by atoms with Crippen molar-refractivity contribution in [3.63, 3.8) is 0 Å². The van der Waals surface area contributed by atoms with Gasteiger partial charge in [0.15, 0.2) is 11.9 Å². The standard InChI is InChI=1S/C17H19NO4/c1-3-16(19)13-6-8-14(9-7-13)22-12(2)17(20)18-11-15-5-4-10-21-15/h4-10,12H,3,11H2,1-2H3,(H,18,20)/t12-/m0/s1. The van der Waals surface area contributed by atoms with E-state index in [9.17, 15) is 9.59 Å². The van der Waals surface area contributed by atoms with Gasteiger partial charge >= 0.3 is 0 Å². The number of benzene rings is 1. The van der Waals surface area contributed by atoms with E-state index in [0.717, 1.165) is 0 Å². The van der Waals surface area contributed by atoms with Gasteiger partial charge in [-0.2, -0.15) is 0 Å². The van der Waals surface area contributed by atoms with Crippen LogP contribution in [0.15, 0.2) is 47.1 Å². The first-order valence-electron chi connectivity index (χ1n) is 7.20. The molecule has 0 aliphatic rings. The van der Waals surface area contributed by atoms with E-state index in [2.05, 4.69) is 5.32 Å². The summed E-state index contributed by atoms with van der Waals surface area (Å²) < 4.78 is 10.7. The molecule has 1 aromatic heterocycles. The van der Waals surface area contributed by atoms with Gasteiger partial charge in [0.2, 0.25) is 0 Å².